The van der Waals surface area contributed by atoms with Crippen LogP contribution in [0.25, 0.3) is 0 Å². The van der Waals surface area contributed by atoms with Crippen LogP contribution in [-0.4, -0.2) is 26.8 Å². The Balaban J connectivity index is 0.000000357. The molecule has 1 aliphatic heterocycles. The van der Waals surface area contributed by atoms with Crippen molar-refractivity contribution < 1.29 is 10.3 Å². The van der Waals surface area contributed by atoms with Crippen LogP contribution in [0.1, 0.15) is 5.56 Å². The van der Waals surface area contributed by atoms with E-state index in [4.69, 9.17) is 15.3 Å². The lowest BCUT2D eigenvalue weighted by molar-refractivity contribution is -0.742. The van der Waals surface area contributed by atoms with Crippen molar-refractivity contribution in [2.75, 3.05) is 6.67 Å². The molecule has 0 atom stereocenters. The first-order chi connectivity index (χ1) is 8.61. The molecule has 0 radical (unpaired) electrons. The molecule has 1 aromatic carbocycles. The Morgan fingerprint density at radius 1 is 1.39 bits per heavy atom. The highest BCUT2D eigenvalue weighted by molar-refractivity contribution is 5.15. The summed E-state index contributed by atoms with van der Waals surface area (Å²) in [6, 6.07) is 10.5. The van der Waals surface area contributed by atoms with Crippen molar-refractivity contribution in [1.82, 2.24) is 9.80 Å². The van der Waals surface area contributed by atoms with Crippen LogP contribution in [0.5, 0.6) is 0 Å². The summed E-state index contributed by atoms with van der Waals surface area (Å²) in [5, 5.41) is 13.6. The highest BCUT2D eigenvalue weighted by Crippen LogP contribution is 2.11. The van der Waals surface area contributed by atoms with Gasteiger partial charge in [-0.15, -0.1) is 10.1 Å². The highest BCUT2D eigenvalue weighted by atomic mass is 16.9. The zero-order valence-corrected chi connectivity index (χ0v) is 9.85. The first-order valence-electron chi connectivity index (χ1n) is 5.29. The predicted octanol–water partition coefficient (Wildman–Crippen LogP) is 2.03. The number of hydrogen-bond donors (Lipinski definition) is 1. The van der Waals surface area contributed by atoms with Crippen molar-refractivity contribution >= 4 is 0 Å². The maximum atomic E-state index is 8.36. The molecule has 0 aliphatic carbocycles. The molecular formula is C12H15N3O3. The molecule has 0 unspecified atom stereocenters. The largest absolute Gasteiger partial charge is 0.354 e. The van der Waals surface area contributed by atoms with Gasteiger partial charge in [0.1, 0.15) is 0 Å². The Morgan fingerprint density at radius 2 is 2.00 bits per heavy atom. The molecule has 2 rings (SSSR count). The van der Waals surface area contributed by atoms with Crippen LogP contribution in [-0.2, 0) is 6.54 Å². The summed E-state index contributed by atoms with van der Waals surface area (Å²) in [5.74, 6) is 0. The van der Waals surface area contributed by atoms with Gasteiger partial charge in [0, 0.05) is 18.9 Å². The molecular weight excluding hydrogens is 234 g/mol. The van der Waals surface area contributed by atoms with E-state index in [2.05, 4.69) is 46.8 Å². The quantitative estimate of drug-likeness (QED) is 0.655. The van der Waals surface area contributed by atoms with Gasteiger partial charge in [0.15, 0.2) is 0 Å². The number of rotatable bonds is 3. The van der Waals surface area contributed by atoms with Crippen LogP contribution >= 0.6 is 0 Å². The maximum Gasteiger partial charge on any atom is 0.291 e. The molecule has 0 aromatic heterocycles. The van der Waals surface area contributed by atoms with E-state index in [9.17, 15) is 0 Å². The van der Waals surface area contributed by atoms with Gasteiger partial charge < -0.3 is 15.0 Å². The molecule has 0 fully saturated rings. The van der Waals surface area contributed by atoms with Crippen LogP contribution < -0.4 is 0 Å². The van der Waals surface area contributed by atoms with E-state index in [1.54, 1.807) is 0 Å². The molecule has 1 N–H and O–H groups in total. The molecule has 6 nitrogen and oxygen atoms in total. The summed E-state index contributed by atoms with van der Waals surface area (Å²) < 4.78 is 0. The standard InChI is InChI=1S/C12H14N2.HNO3/c1-2-13-8-9-14(11-13)10-12-6-4-3-5-7-12;2-1(3)4/h2-9H,1,10-11H2;(H,2,3,4). The minimum absolute atomic E-state index is 0.901. The van der Waals surface area contributed by atoms with Gasteiger partial charge in [0.25, 0.3) is 5.09 Å². The fraction of sp³-hybridized carbons (Fsp3) is 0.167. The van der Waals surface area contributed by atoms with Gasteiger partial charge in [0.05, 0.1) is 6.67 Å². The summed E-state index contributed by atoms with van der Waals surface area (Å²) >= 11 is 0. The van der Waals surface area contributed by atoms with E-state index in [0.717, 1.165) is 13.2 Å². The third kappa shape index (κ3) is 5.02. The van der Waals surface area contributed by atoms with Crippen molar-refractivity contribution in [3.63, 3.8) is 0 Å². The normalized spacial score (nSPS) is 12.9. The fourth-order valence-corrected chi connectivity index (χ4v) is 1.52. The van der Waals surface area contributed by atoms with E-state index in [-0.39, 0.29) is 0 Å². The Bertz CT molecular complexity index is 416. The third-order valence-corrected chi connectivity index (χ3v) is 2.28. The smallest absolute Gasteiger partial charge is 0.291 e. The average molecular weight is 249 g/mol. The molecule has 1 aromatic rings. The molecule has 96 valence electrons. The van der Waals surface area contributed by atoms with Crippen molar-refractivity contribution in [2.24, 2.45) is 0 Å². The van der Waals surface area contributed by atoms with Gasteiger partial charge >= 0.3 is 0 Å². The van der Waals surface area contributed by atoms with Gasteiger partial charge in [-0.05, 0) is 11.8 Å². The van der Waals surface area contributed by atoms with Crippen LogP contribution in [0.2, 0.25) is 0 Å². The molecule has 1 heterocycles. The van der Waals surface area contributed by atoms with Crippen molar-refractivity contribution in [3.8, 4) is 0 Å². The monoisotopic (exact) mass is 249 g/mol. The Hall–Kier alpha value is -2.50. The van der Waals surface area contributed by atoms with E-state index >= 15 is 0 Å². The van der Waals surface area contributed by atoms with E-state index in [1.807, 2.05) is 18.5 Å². The molecule has 1 aliphatic rings. The lowest BCUT2D eigenvalue weighted by Crippen LogP contribution is -2.21. The van der Waals surface area contributed by atoms with Crippen LogP contribution in [0.4, 0.5) is 0 Å². The van der Waals surface area contributed by atoms with Gasteiger partial charge in [-0.1, -0.05) is 36.9 Å². The Kier molecular flexibility index (Phi) is 5.24. The summed E-state index contributed by atoms with van der Waals surface area (Å²) in [5.41, 5.74) is 1.34. The third-order valence-electron chi connectivity index (χ3n) is 2.28. The number of benzene rings is 1. The van der Waals surface area contributed by atoms with Crippen molar-refractivity contribution in [2.45, 2.75) is 6.54 Å². The lowest BCUT2D eigenvalue weighted by Gasteiger charge is -2.18. The van der Waals surface area contributed by atoms with E-state index in [1.165, 1.54) is 5.56 Å². The summed E-state index contributed by atoms with van der Waals surface area (Å²) in [7, 11) is 0. The Labute approximate surface area is 105 Å². The highest BCUT2D eigenvalue weighted by Gasteiger charge is 2.08. The van der Waals surface area contributed by atoms with E-state index in [0.29, 0.717) is 0 Å². The zero-order chi connectivity index (χ0) is 13.4. The SMILES string of the molecule is C=CN1C=CN(Cc2ccccc2)C1.O=[N+]([O-])O. The second kappa shape index (κ2) is 6.95. The van der Waals surface area contributed by atoms with Gasteiger partial charge in [-0.25, -0.2) is 0 Å². The molecule has 0 spiro atoms. The van der Waals surface area contributed by atoms with Gasteiger partial charge in [-0.3, -0.25) is 0 Å². The Morgan fingerprint density at radius 3 is 2.50 bits per heavy atom. The first-order valence-corrected chi connectivity index (χ1v) is 5.29. The average Bonchev–Trinajstić information content (AvgIpc) is 2.77. The predicted molar refractivity (Wildman–Crippen MR) is 66.8 cm³/mol. The molecule has 6 heteroatoms. The van der Waals surface area contributed by atoms with Crippen molar-refractivity contribution in [1.29, 1.82) is 0 Å². The number of nitrogens with zero attached hydrogens (tertiary/aromatic N) is 3. The molecule has 0 amide bonds. The van der Waals surface area contributed by atoms with Crippen LogP contribution in [0.15, 0.2) is 55.5 Å². The first kappa shape index (κ1) is 13.6. The lowest BCUT2D eigenvalue weighted by atomic mass is 10.2. The number of hydrogen-bond acceptors (Lipinski definition) is 4. The molecule has 0 saturated carbocycles. The van der Waals surface area contributed by atoms with Gasteiger partial charge in [0.2, 0.25) is 0 Å². The van der Waals surface area contributed by atoms with Crippen molar-refractivity contribution in [3.05, 3.63) is 71.2 Å². The summed E-state index contributed by atoms with van der Waals surface area (Å²) in [6.07, 6.45) is 5.96. The fourth-order valence-electron chi connectivity index (χ4n) is 1.52. The topological polar surface area (TPSA) is 69.9 Å². The second-order valence-corrected chi connectivity index (χ2v) is 3.61. The van der Waals surface area contributed by atoms with Crippen LogP contribution in [0.3, 0.4) is 0 Å². The van der Waals surface area contributed by atoms with Gasteiger partial charge in [-0.2, -0.15) is 0 Å². The summed E-state index contributed by atoms with van der Waals surface area (Å²) in [6.45, 7) is 5.59. The molecule has 0 saturated heterocycles. The molecule has 0 bridgehead atoms. The molecule has 18 heavy (non-hydrogen) atoms. The zero-order valence-electron chi connectivity index (χ0n) is 9.85. The minimum Gasteiger partial charge on any atom is -0.354 e. The van der Waals surface area contributed by atoms with Crippen LogP contribution in [0, 0.1) is 10.1 Å². The second-order valence-electron chi connectivity index (χ2n) is 3.61. The van der Waals surface area contributed by atoms with E-state index < -0.39 is 5.09 Å². The maximum absolute atomic E-state index is 8.36. The summed E-state index contributed by atoms with van der Waals surface area (Å²) in [4.78, 5) is 12.7. The minimum atomic E-state index is -1.50.